The van der Waals surface area contributed by atoms with Gasteiger partial charge in [-0.1, -0.05) is 31.0 Å². The lowest BCUT2D eigenvalue weighted by Gasteiger charge is -2.28. The molecule has 1 aliphatic rings. The summed E-state index contributed by atoms with van der Waals surface area (Å²) in [4.78, 5) is 12.4. The molecule has 0 aromatic heterocycles. The highest BCUT2D eigenvalue weighted by Gasteiger charge is 2.40. The Hall–Kier alpha value is -1.13. The quantitative estimate of drug-likeness (QED) is 0.890. The highest BCUT2D eigenvalue weighted by atomic mass is 35.5. The van der Waals surface area contributed by atoms with E-state index >= 15 is 0 Å². The standard InChI is InChI=1S/C14H18ClFN2O/c1-2-7-14(8-4-9-17-14)13(19)18-12-10(15)5-3-6-11(12)16/h3,5-6,17H,2,4,7-9H2,1H3,(H,18,19). The number of halogens is 2. The maximum Gasteiger partial charge on any atom is 0.244 e. The normalized spacial score (nSPS) is 22.5. The minimum absolute atomic E-state index is 0.0679. The van der Waals surface area contributed by atoms with Crippen LogP contribution in [0.5, 0.6) is 0 Å². The van der Waals surface area contributed by atoms with Crippen LogP contribution in [0.2, 0.25) is 5.02 Å². The summed E-state index contributed by atoms with van der Waals surface area (Å²) in [5.41, 5.74) is -0.515. The molecule has 1 aromatic rings. The van der Waals surface area contributed by atoms with Crippen LogP contribution in [-0.4, -0.2) is 18.0 Å². The van der Waals surface area contributed by atoms with Crippen molar-refractivity contribution in [3.05, 3.63) is 29.0 Å². The van der Waals surface area contributed by atoms with Crippen LogP contribution in [0.3, 0.4) is 0 Å². The molecule has 1 atom stereocenters. The van der Waals surface area contributed by atoms with E-state index in [1.165, 1.54) is 12.1 Å². The van der Waals surface area contributed by atoms with Crippen molar-refractivity contribution in [3.63, 3.8) is 0 Å². The van der Waals surface area contributed by atoms with Crippen molar-refractivity contribution in [1.29, 1.82) is 0 Å². The largest absolute Gasteiger partial charge is 0.321 e. The predicted octanol–water partition coefficient (Wildman–Crippen LogP) is 3.34. The van der Waals surface area contributed by atoms with Gasteiger partial charge >= 0.3 is 0 Å². The van der Waals surface area contributed by atoms with Gasteiger partial charge < -0.3 is 10.6 Å². The Morgan fingerprint density at radius 1 is 1.58 bits per heavy atom. The molecule has 2 N–H and O–H groups in total. The van der Waals surface area contributed by atoms with E-state index < -0.39 is 11.4 Å². The van der Waals surface area contributed by atoms with Crippen molar-refractivity contribution in [3.8, 4) is 0 Å². The molecule has 0 bridgehead atoms. The van der Waals surface area contributed by atoms with E-state index in [1.54, 1.807) is 6.07 Å². The minimum Gasteiger partial charge on any atom is -0.321 e. The fraction of sp³-hybridized carbons (Fsp3) is 0.500. The third-order valence-electron chi connectivity index (χ3n) is 3.56. The Bertz CT molecular complexity index is 452. The second-order valence-electron chi connectivity index (χ2n) is 4.91. The fourth-order valence-corrected chi connectivity index (χ4v) is 2.81. The summed E-state index contributed by atoms with van der Waals surface area (Å²) in [6.45, 7) is 2.85. The highest BCUT2D eigenvalue weighted by molar-refractivity contribution is 6.33. The van der Waals surface area contributed by atoms with Crippen molar-refractivity contribution in [2.24, 2.45) is 0 Å². The highest BCUT2D eigenvalue weighted by Crippen LogP contribution is 2.29. The first-order valence-corrected chi connectivity index (χ1v) is 6.97. The van der Waals surface area contributed by atoms with Crippen molar-refractivity contribution < 1.29 is 9.18 Å². The number of hydrogen-bond acceptors (Lipinski definition) is 2. The van der Waals surface area contributed by atoms with Gasteiger partial charge in [-0.25, -0.2) is 4.39 Å². The van der Waals surface area contributed by atoms with Crippen LogP contribution in [0.25, 0.3) is 0 Å². The molecule has 0 spiro atoms. The third kappa shape index (κ3) is 2.90. The summed E-state index contributed by atoms with van der Waals surface area (Å²) < 4.78 is 13.7. The van der Waals surface area contributed by atoms with E-state index in [2.05, 4.69) is 10.6 Å². The number of rotatable bonds is 4. The Balaban J connectivity index is 2.20. The molecule has 1 heterocycles. The lowest BCUT2D eigenvalue weighted by atomic mass is 9.91. The van der Waals surface area contributed by atoms with Crippen LogP contribution in [0.4, 0.5) is 10.1 Å². The Kier molecular flexibility index (Phi) is 4.42. The molecule has 3 nitrogen and oxygen atoms in total. The van der Waals surface area contributed by atoms with Gasteiger partial charge in [-0.2, -0.15) is 0 Å². The van der Waals surface area contributed by atoms with Crippen LogP contribution < -0.4 is 10.6 Å². The van der Waals surface area contributed by atoms with Gasteiger partial charge in [0.1, 0.15) is 5.82 Å². The summed E-state index contributed by atoms with van der Waals surface area (Å²) in [5, 5.41) is 6.11. The molecular weight excluding hydrogens is 267 g/mol. The molecule has 0 saturated carbocycles. The summed E-state index contributed by atoms with van der Waals surface area (Å²) in [7, 11) is 0. The first kappa shape index (κ1) is 14.3. The molecule has 1 aromatic carbocycles. The van der Waals surface area contributed by atoms with E-state index in [9.17, 15) is 9.18 Å². The summed E-state index contributed by atoms with van der Waals surface area (Å²) in [5.74, 6) is -0.704. The molecule has 104 valence electrons. The van der Waals surface area contributed by atoms with Gasteiger partial charge in [0.05, 0.1) is 16.2 Å². The molecule has 19 heavy (non-hydrogen) atoms. The number of carbonyl (C=O) groups excluding carboxylic acids is 1. The number of nitrogens with one attached hydrogen (secondary N) is 2. The number of para-hydroxylation sites is 1. The first-order chi connectivity index (χ1) is 9.09. The monoisotopic (exact) mass is 284 g/mol. The molecule has 2 rings (SSSR count). The van der Waals surface area contributed by atoms with Crippen molar-refractivity contribution in [1.82, 2.24) is 5.32 Å². The lowest BCUT2D eigenvalue weighted by Crippen LogP contribution is -2.50. The molecule has 0 aliphatic carbocycles. The minimum atomic E-state index is -0.583. The van der Waals surface area contributed by atoms with E-state index in [0.29, 0.717) is 0 Å². The first-order valence-electron chi connectivity index (χ1n) is 6.59. The van der Waals surface area contributed by atoms with Gasteiger partial charge in [-0.15, -0.1) is 0 Å². The van der Waals surface area contributed by atoms with Crippen molar-refractivity contribution in [2.45, 2.75) is 38.1 Å². The molecule has 5 heteroatoms. The van der Waals surface area contributed by atoms with Gasteiger partial charge in [0.15, 0.2) is 0 Å². The maximum atomic E-state index is 13.7. The van der Waals surface area contributed by atoms with Gasteiger partial charge in [0.25, 0.3) is 0 Å². The summed E-state index contributed by atoms with van der Waals surface area (Å²) >= 11 is 5.93. The predicted molar refractivity (Wildman–Crippen MR) is 74.9 cm³/mol. The Labute approximate surface area is 117 Å². The Morgan fingerprint density at radius 2 is 2.37 bits per heavy atom. The Morgan fingerprint density at radius 3 is 2.95 bits per heavy atom. The zero-order valence-corrected chi connectivity index (χ0v) is 11.7. The van der Waals surface area contributed by atoms with Crippen LogP contribution in [0.1, 0.15) is 32.6 Å². The van der Waals surface area contributed by atoms with Gasteiger partial charge in [-0.05, 0) is 37.9 Å². The molecule has 1 saturated heterocycles. The van der Waals surface area contributed by atoms with Gasteiger partial charge in [0.2, 0.25) is 5.91 Å². The van der Waals surface area contributed by atoms with E-state index in [0.717, 1.165) is 32.2 Å². The molecule has 0 radical (unpaired) electrons. The summed E-state index contributed by atoms with van der Waals surface area (Å²) in [6.07, 6.45) is 3.37. The lowest BCUT2D eigenvalue weighted by molar-refractivity contribution is -0.122. The number of carbonyl (C=O) groups is 1. The number of anilines is 1. The fourth-order valence-electron chi connectivity index (χ4n) is 2.60. The number of hydrogen-bond donors (Lipinski definition) is 2. The number of amides is 1. The molecule has 1 amide bonds. The van der Waals surface area contributed by atoms with Gasteiger partial charge in [0, 0.05) is 0 Å². The second-order valence-corrected chi connectivity index (χ2v) is 5.32. The maximum absolute atomic E-state index is 13.7. The van der Waals surface area contributed by atoms with E-state index in [-0.39, 0.29) is 16.6 Å². The molecular formula is C14H18ClFN2O. The van der Waals surface area contributed by atoms with Crippen molar-refractivity contribution >= 4 is 23.2 Å². The average molecular weight is 285 g/mol. The van der Waals surface area contributed by atoms with Crippen molar-refractivity contribution in [2.75, 3.05) is 11.9 Å². The smallest absolute Gasteiger partial charge is 0.244 e. The van der Waals surface area contributed by atoms with Crippen LogP contribution in [-0.2, 0) is 4.79 Å². The zero-order valence-electron chi connectivity index (χ0n) is 10.9. The van der Waals surface area contributed by atoms with E-state index in [1.807, 2.05) is 6.92 Å². The molecule has 1 fully saturated rings. The van der Waals surface area contributed by atoms with Crippen LogP contribution in [0.15, 0.2) is 18.2 Å². The zero-order chi connectivity index (χ0) is 13.9. The SMILES string of the molecule is CCCC1(C(=O)Nc2c(F)cccc2Cl)CCCN1. The third-order valence-corrected chi connectivity index (χ3v) is 3.87. The van der Waals surface area contributed by atoms with E-state index in [4.69, 9.17) is 11.6 Å². The van der Waals surface area contributed by atoms with Crippen LogP contribution in [0, 0.1) is 5.82 Å². The van der Waals surface area contributed by atoms with Crippen LogP contribution >= 0.6 is 11.6 Å². The topological polar surface area (TPSA) is 41.1 Å². The van der Waals surface area contributed by atoms with Gasteiger partial charge in [-0.3, -0.25) is 4.79 Å². The summed E-state index contributed by atoms with van der Waals surface area (Å²) in [6, 6.07) is 4.37. The second kappa shape index (κ2) is 5.88. The molecule has 1 aliphatic heterocycles. The number of benzene rings is 1. The molecule has 1 unspecified atom stereocenters. The average Bonchev–Trinajstić information content (AvgIpc) is 2.84.